The summed E-state index contributed by atoms with van der Waals surface area (Å²) in [5, 5.41) is 6.17. The van der Waals surface area contributed by atoms with Gasteiger partial charge in [0.2, 0.25) is 5.91 Å². The number of sulfonamides is 1. The van der Waals surface area contributed by atoms with Gasteiger partial charge in [-0.3, -0.25) is 9.52 Å². The van der Waals surface area contributed by atoms with Crippen molar-refractivity contribution in [1.82, 2.24) is 0 Å². The Labute approximate surface area is 121 Å². The Morgan fingerprint density at radius 3 is 2.40 bits per heavy atom. The normalized spacial score (nSPS) is 11.1. The predicted octanol–water partition coefficient (Wildman–Crippen LogP) is 2.90. The molecule has 0 saturated heterocycles. The fourth-order valence-electron chi connectivity index (χ4n) is 1.50. The second kappa shape index (κ2) is 6.06. The second-order valence-electron chi connectivity index (χ2n) is 4.04. The van der Waals surface area contributed by atoms with E-state index < -0.39 is 10.0 Å². The van der Waals surface area contributed by atoms with E-state index >= 15 is 0 Å². The van der Waals surface area contributed by atoms with E-state index in [0.29, 0.717) is 17.8 Å². The molecule has 2 rings (SSSR count). The van der Waals surface area contributed by atoms with Crippen molar-refractivity contribution in [3.8, 4) is 0 Å². The number of carbonyl (C=O) groups is 1. The topological polar surface area (TPSA) is 75.3 Å². The van der Waals surface area contributed by atoms with Crippen molar-refractivity contribution in [3.63, 3.8) is 0 Å². The lowest BCUT2D eigenvalue weighted by Gasteiger charge is -2.08. The monoisotopic (exact) mass is 310 g/mol. The molecule has 2 N–H and O–H groups in total. The van der Waals surface area contributed by atoms with Gasteiger partial charge in [-0.15, -0.1) is 0 Å². The maximum Gasteiger partial charge on any atom is 0.261 e. The van der Waals surface area contributed by atoms with Crippen molar-refractivity contribution in [3.05, 3.63) is 41.1 Å². The summed E-state index contributed by atoms with van der Waals surface area (Å²) >= 11 is 1.41. The van der Waals surface area contributed by atoms with Gasteiger partial charge in [0.05, 0.1) is 10.6 Å². The van der Waals surface area contributed by atoms with Gasteiger partial charge in [0.1, 0.15) is 0 Å². The molecule has 1 aromatic heterocycles. The quantitative estimate of drug-likeness (QED) is 0.891. The van der Waals surface area contributed by atoms with Crippen LogP contribution in [0, 0.1) is 0 Å². The molecule has 0 aliphatic rings. The van der Waals surface area contributed by atoms with Gasteiger partial charge in [-0.1, -0.05) is 6.92 Å². The third-order valence-electron chi connectivity index (χ3n) is 2.54. The molecule has 0 fully saturated rings. The fraction of sp³-hybridized carbons (Fsp3) is 0.154. The van der Waals surface area contributed by atoms with Crippen LogP contribution < -0.4 is 10.0 Å². The summed E-state index contributed by atoms with van der Waals surface area (Å²) < 4.78 is 26.7. The molecule has 0 saturated carbocycles. The number of hydrogen-bond donors (Lipinski definition) is 2. The van der Waals surface area contributed by atoms with E-state index in [0.717, 1.165) is 0 Å². The lowest BCUT2D eigenvalue weighted by molar-refractivity contribution is -0.115. The largest absolute Gasteiger partial charge is 0.326 e. The van der Waals surface area contributed by atoms with Gasteiger partial charge < -0.3 is 5.32 Å². The van der Waals surface area contributed by atoms with Gasteiger partial charge in [0.25, 0.3) is 10.0 Å². The van der Waals surface area contributed by atoms with E-state index in [1.807, 2.05) is 0 Å². The molecular formula is C13H14N2O3S2. The van der Waals surface area contributed by atoms with Gasteiger partial charge >= 0.3 is 0 Å². The molecule has 7 heteroatoms. The van der Waals surface area contributed by atoms with E-state index in [1.54, 1.807) is 35.9 Å². The number of carbonyl (C=O) groups excluding carboxylic acids is 1. The highest BCUT2D eigenvalue weighted by atomic mass is 32.2. The SMILES string of the molecule is CCC(=O)Nc1ccc(S(=O)(=O)Nc2ccsc2)cc1. The second-order valence-corrected chi connectivity index (χ2v) is 6.51. The molecular weight excluding hydrogens is 296 g/mol. The Balaban J connectivity index is 2.14. The molecule has 5 nitrogen and oxygen atoms in total. The summed E-state index contributed by atoms with van der Waals surface area (Å²) in [6.07, 6.45) is 0.375. The minimum atomic E-state index is -3.59. The lowest BCUT2D eigenvalue weighted by Crippen LogP contribution is -2.13. The third kappa shape index (κ3) is 3.58. The summed E-state index contributed by atoms with van der Waals surface area (Å²) in [5.74, 6) is -0.114. The minimum Gasteiger partial charge on any atom is -0.326 e. The van der Waals surface area contributed by atoms with Crippen molar-refractivity contribution in [2.24, 2.45) is 0 Å². The first-order valence-electron chi connectivity index (χ1n) is 5.96. The average molecular weight is 310 g/mol. The molecule has 0 radical (unpaired) electrons. The van der Waals surface area contributed by atoms with Crippen molar-refractivity contribution >= 4 is 38.6 Å². The number of anilines is 2. The highest BCUT2D eigenvalue weighted by Gasteiger charge is 2.14. The zero-order valence-corrected chi connectivity index (χ0v) is 12.4. The van der Waals surface area contributed by atoms with Crippen LogP contribution in [0.2, 0.25) is 0 Å². The number of hydrogen-bond acceptors (Lipinski definition) is 4. The summed E-state index contributed by atoms with van der Waals surface area (Å²) in [4.78, 5) is 11.4. The first-order valence-corrected chi connectivity index (χ1v) is 8.39. The van der Waals surface area contributed by atoms with Crippen molar-refractivity contribution in [2.45, 2.75) is 18.2 Å². The van der Waals surface area contributed by atoms with E-state index in [-0.39, 0.29) is 10.8 Å². The summed E-state index contributed by atoms with van der Waals surface area (Å²) in [6, 6.07) is 7.74. The molecule has 0 atom stereocenters. The predicted molar refractivity (Wildman–Crippen MR) is 80.5 cm³/mol. The molecule has 0 aliphatic carbocycles. The standard InChI is InChI=1S/C13H14N2O3S2/c1-2-13(16)14-10-3-5-12(6-4-10)20(17,18)15-11-7-8-19-9-11/h3-9,15H,2H2,1H3,(H,14,16). The van der Waals surface area contributed by atoms with E-state index in [4.69, 9.17) is 0 Å². The molecule has 0 unspecified atom stereocenters. The maximum absolute atomic E-state index is 12.1. The van der Waals surface area contributed by atoms with Gasteiger partial charge in [0, 0.05) is 17.5 Å². The van der Waals surface area contributed by atoms with Crippen molar-refractivity contribution < 1.29 is 13.2 Å². The van der Waals surface area contributed by atoms with E-state index in [2.05, 4.69) is 10.0 Å². The average Bonchev–Trinajstić information content (AvgIpc) is 2.91. The summed E-state index contributed by atoms with van der Waals surface area (Å²) in [5.41, 5.74) is 1.12. The number of benzene rings is 1. The molecule has 1 heterocycles. The van der Waals surface area contributed by atoms with Crippen LogP contribution in [0.15, 0.2) is 46.0 Å². The van der Waals surface area contributed by atoms with Crippen molar-refractivity contribution in [1.29, 1.82) is 0 Å². The zero-order chi connectivity index (χ0) is 14.6. The number of amides is 1. The Morgan fingerprint density at radius 1 is 1.15 bits per heavy atom. The van der Waals surface area contributed by atoms with Crippen LogP contribution in [0.1, 0.15) is 13.3 Å². The number of rotatable bonds is 5. The highest BCUT2D eigenvalue weighted by Crippen LogP contribution is 2.19. The zero-order valence-electron chi connectivity index (χ0n) is 10.8. The van der Waals surface area contributed by atoms with Gasteiger partial charge in [-0.05, 0) is 35.7 Å². The van der Waals surface area contributed by atoms with Gasteiger partial charge in [-0.25, -0.2) is 8.42 Å². The van der Waals surface area contributed by atoms with Crippen LogP contribution in [-0.4, -0.2) is 14.3 Å². The Hall–Kier alpha value is -1.86. The summed E-state index contributed by atoms with van der Waals surface area (Å²) in [7, 11) is -3.59. The Bertz CT molecular complexity index is 677. The molecule has 1 amide bonds. The smallest absolute Gasteiger partial charge is 0.261 e. The van der Waals surface area contributed by atoms with Crippen LogP contribution in [0.5, 0.6) is 0 Å². The lowest BCUT2D eigenvalue weighted by atomic mass is 10.3. The summed E-state index contributed by atoms with van der Waals surface area (Å²) in [6.45, 7) is 1.75. The van der Waals surface area contributed by atoms with Crippen LogP contribution in [0.3, 0.4) is 0 Å². The van der Waals surface area contributed by atoms with E-state index in [1.165, 1.54) is 23.5 Å². The fourth-order valence-corrected chi connectivity index (χ4v) is 3.22. The van der Waals surface area contributed by atoms with Crippen LogP contribution in [0.4, 0.5) is 11.4 Å². The van der Waals surface area contributed by atoms with Crippen LogP contribution >= 0.6 is 11.3 Å². The van der Waals surface area contributed by atoms with Gasteiger partial charge in [0.15, 0.2) is 0 Å². The first-order chi connectivity index (χ1) is 9.51. The molecule has 2 aromatic rings. The van der Waals surface area contributed by atoms with Gasteiger partial charge in [-0.2, -0.15) is 11.3 Å². The highest BCUT2D eigenvalue weighted by molar-refractivity contribution is 7.92. The molecule has 1 aromatic carbocycles. The Kier molecular flexibility index (Phi) is 4.41. The van der Waals surface area contributed by atoms with Crippen LogP contribution in [0.25, 0.3) is 0 Å². The first kappa shape index (κ1) is 14.5. The minimum absolute atomic E-state index is 0.114. The van der Waals surface area contributed by atoms with Crippen LogP contribution in [-0.2, 0) is 14.8 Å². The molecule has 0 aliphatic heterocycles. The number of thiophene rings is 1. The maximum atomic E-state index is 12.1. The van der Waals surface area contributed by atoms with Crippen molar-refractivity contribution in [2.75, 3.05) is 10.0 Å². The third-order valence-corrected chi connectivity index (χ3v) is 4.62. The molecule has 0 spiro atoms. The Morgan fingerprint density at radius 2 is 1.85 bits per heavy atom. The molecule has 0 bridgehead atoms. The molecule has 106 valence electrons. The molecule has 20 heavy (non-hydrogen) atoms. The number of nitrogens with one attached hydrogen (secondary N) is 2. The van der Waals surface area contributed by atoms with E-state index in [9.17, 15) is 13.2 Å².